The largest absolute Gasteiger partial charge is 0.356 e. The maximum atomic E-state index is 3.75. The van der Waals surface area contributed by atoms with E-state index >= 15 is 0 Å². The van der Waals surface area contributed by atoms with Crippen molar-refractivity contribution in [1.29, 1.82) is 0 Å². The van der Waals surface area contributed by atoms with E-state index in [1.165, 1.54) is 39.7 Å². The van der Waals surface area contributed by atoms with Crippen molar-refractivity contribution in [2.45, 2.75) is 25.3 Å². The van der Waals surface area contributed by atoms with Crippen LogP contribution in [0.4, 0.5) is 0 Å². The summed E-state index contributed by atoms with van der Waals surface area (Å²) in [5.74, 6) is 0. The molecule has 0 amide bonds. The Morgan fingerprint density at radius 1 is 0.955 bits per heavy atom. The number of aromatic amines is 1. The van der Waals surface area contributed by atoms with Crippen molar-refractivity contribution in [2.75, 3.05) is 13.1 Å². The van der Waals surface area contributed by atoms with E-state index in [4.69, 9.17) is 0 Å². The van der Waals surface area contributed by atoms with Crippen LogP contribution in [0.2, 0.25) is 0 Å². The molecule has 5 rings (SSSR count). The second-order valence-electron chi connectivity index (χ2n) is 6.74. The SMILES string of the molecule is CC12c3ccccc3CCN1CCc1c2[nH]c2ccccc12. The summed E-state index contributed by atoms with van der Waals surface area (Å²) in [5, 5.41) is 1.40. The van der Waals surface area contributed by atoms with Gasteiger partial charge in [0.05, 0.1) is 5.54 Å². The molecule has 2 aromatic carbocycles. The van der Waals surface area contributed by atoms with Crippen LogP contribution in [-0.2, 0) is 18.4 Å². The first-order valence-corrected chi connectivity index (χ1v) is 8.22. The molecule has 3 heterocycles. The fraction of sp³-hybridized carbons (Fsp3) is 0.300. The first-order valence-electron chi connectivity index (χ1n) is 8.22. The van der Waals surface area contributed by atoms with Crippen molar-refractivity contribution in [2.24, 2.45) is 0 Å². The van der Waals surface area contributed by atoms with Gasteiger partial charge in [-0.25, -0.2) is 0 Å². The molecule has 1 unspecified atom stereocenters. The van der Waals surface area contributed by atoms with E-state index in [1.54, 1.807) is 0 Å². The molecule has 1 N–H and O–H groups in total. The molecular weight excluding hydrogens is 268 g/mol. The van der Waals surface area contributed by atoms with Crippen molar-refractivity contribution in [1.82, 2.24) is 9.88 Å². The molecule has 2 nitrogen and oxygen atoms in total. The molecular formula is C20H20N2. The molecule has 110 valence electrons. The van der Waals surface area contributed by atoms with E-state index in [0.717, 1.165) is 19.5 Å². The van der Waals surface area contributed by atoms with Gasteiger partial charge in [0.1, 0.15) is 0 Å². The van der Waals surface area contributed by atoms with Gasteiger partial charge in [0.25, 0.3) is 0 Å². The fourth-order valence-corrected chi connectivity index (χ4v) is 4.61. The van der Waals surface area contributed by atoms with Gasteiger partial charge in [0.2, 0.25) is 0 Å². The van der Waals surface area contributed by atoms with Gasteiger partial charge in [-0.05, 0) is 42.5 Å². The average Bonchev–Trinajstić information content (AvgIpc) is 2.95. The predicted molar refractivity (Wildman–Crippen MR) is 90.2 cm³/mol. The topological polar surface area (TPSA) is 19.0 Å². The Balaban J connectivity index is 1.84. The molecule has 0 fully saturated rings. The van der Waals surface area contributed by atoms with Crippen molar-refractivity contribution in [3.8, 4) is 0 Å². The minimum Gasteiger partial charge on any atom is -0.356 e. The lowest BCUT2D eigenvalue weighted by molar-refractivity contribution is 0.112. The van der Waals surface area contributed by atoms with Gasteiger partial charge in [0, 0.05) is 29.7 Å². The first-order chi connectivity index (χ1) is 10.8. The third kappa shape index (κ3) is 1.43. The van der Waals surface area contributed by atoms with E-state index < -0.39 is 0 Å². The molecule has 1 atom stereocenters. The zero-order valence-corrected chi connectivity index (χ0v) is 12.9. The number of fused-ring (bicyclic) bond motifs is 7. The van der Waals surface area contributed by atoms with Crippen molar-refractivity contribution in [3.05, 3.63) is 70.9 Å². The summed E-state index contributed by atoms with van der Waals surface area (Å²) in [6, 6.07) is 17.7. The minimum absolute atomic E-state index is 0.0125. The molecule has 2 aliphatic heterocycles. The quantitative estimate of drug-likeness (QED) is 0.666. The summed E-state index contributed by atoms with van der Waals surface area (Å²) in [6.45, 7) is 4.71. The van der Waals surface area contributed by atoms with Crippen molar-refractivity contribution in [3.63, 3.8) is 0 Å². The smallest absolute Gasteiger partial charge is 0.0844 e. The van der Waals surface area contributed by atoms with Crippen LogP contribution in [0.5, 0.6) is 0 Å². The van der Waals surface area contributed by atoms with E-state index in [2.05, 4.69) is 65.3 Å². The number of benzene rings is 2. The monoisotopic (exact) mass is 288 g/mol. The maximum Gasteiger partial charge on any atom is 0.0844 e. The van der Waals surface area contributed by atoms with Gasteiger partial charge in [0.15, 0.2) is 0 Å². The summed E-state index contributed by atoms with van der Waals surface area (Å²) in [5.41, 5.74) is 7.18. The van der Waals surface area contributed by atoms with E-state index in [0.29, 0.717) is 0 Å². The lowest BCUT2D eigenvalue weighted by atomic mass is 9.75. The molecule has 0 saturated carbocycles. The first kappa shape index (κ1) is 12.5. The van der Waals surface area contributed by atoms with E-state index in [-0.39, 0.29) is 5.54 Å². The van der Waals surface area contributed by atoms with Gasteiger partial charge in [-0.2, -0.15) is 0 Å². The molecule has 3 aromatic rings. The summed E-state index contributed by atoms with van der Waals surface area (Å²) in [7, 11) is 0. The lowest BCUT2D eigenvalue weighted by Crippen LogP contribution is -2.53. The summed E-state index contributed by atoms with van der Waals surface area (Å²) < 4.78 is 0. The molecule has 2 heteroatoms. The normalized spacial score (nSPS) is 23.9. The number of hydrogen-bond acceptors (Lipinski definition) is 1. The summed E-state index contributed by atoms with van der Waals surface area (Å²) in [4.78, 5) is 6.41. The Bertz CT molecular complexity index is 876. The lowest BCUT2D eigenvalue weighted by Gasteiger charge is -2.49. The standard InChI is InChI=1S/C20H20N2/c1-20-17-8-4-2-6-14(17)10-12-22(20)13-11-16-15-7-3-5-9-18(15)21-19(16)20/h2-9,21H,10-13H2,1H3. The Morgan fingerprint density at radius 2 is 1.73 bits per heavy atom. The van der Waals surface area contributed by atoms with Crippen LogP contribution >= 0.6 is 0 Å². The highest BCUT2D eigenvalue weighted by Gasteiger charge is 2.44. The Kier molecular flexibility index (Phi) is 2.40. The van der Waals surface area contributed by atoms with Gasteiger partial charge in [-0.15, -0.1) is 0 Å². The molecule has 0 spiro atoms. The number of aromatic nitrogens is 1. The number of hydrogen-bond donors (Lipinski definition) is 1. The molecule has 0 saturated heterocycles. The van der Waals surface area contributed by atoms with Crippen LogP contribution < -0.4 is 0 Å². The Hall–Kier alpha value is -2.06. The second kappa shape index (κ2) is 4.23. The molecule has 1 aromatic heterocycles. The highest BCUT2D eigenvalue weighted by Crippen LogP contribution is 2.46. The third-order valence-electron chi connectivity index (χ3n) is 5.76. The number of H-pyrrole nitrogens is 1. The van der Waals surface area contributed by atoms with E-state index in [1.807, 2.05) is 0 Å². The summed E-state index contributed by atoms with van der Waals surface area (Å²) >= 11 is 0. The molecule has 0 radical (unpaired) electrons. The third-order valence-corrected chi connectivity index (χ3v) is 5.76. The van der Waals surface area contributed by atoms with Crippen LogP contribution in [0, 0.1) is 0 Å². The number of para-hydroxylation sites is 1. The predicted octanol–water partition coefficient (Wildman–Crippen LogP) is 3.85. The van der Waals surface area contributed by atoms with Crippen LogP contribution in [0.15, 0.2) is 48.5 Å². The van der Waals surface area contributed by atoms with E-state index in [9.17, 15) is 0 Å². The maximum absolute atomic E-state index is 3.75. The minimum atomic E-state index is -0.0125. The zero-order chi connectivity index (χ0) is 14.7. The molecule has 22 heavy (non-hydrogen) atoms. The number of nitrogens with one attached hydrogen (secondary N) is 1. The van der Waals surface area contributed by atoms with Crippen LogP contribution in [-0.4, -0.2) is 23.0 Å². The van der Waals surface area contributed by atoms with Gasteiger partial charge in [-0.1, -0.05) is 42.5 Å². The highest BCUT2D eigenvalue weighted by atomic mass is 15.2. The molecule has 0 bridgehead atoms. The molecule has 0 aliphatic carbocycles. The van der Waals surface area contributed by atoms with Gasteiger partial charge >= 0.3 is 0 Å². The number of rotatable bonds is 0. The summed E-state index contributed by atoms with van der Waals surface area (Å²) in [6.07, 6.45) is 2.32. The van der Waals surface area contributed by atoms with Gasteiger partial charge < -0.3 is 4.98 Å². The van der Waals surface area contributed by atoms with Crippen molar-refractivity contribution < 1.29 is 0 Å². The van der Waals surface area contributed by atoms with Gasteiger partial charge in [-0.3, -0.25) is 4.90 Å². The molecule has 2 aliphatic rings. The fourth-order valence-electron chi connectivity index (χ4n) is 4.61. The highest BCUT2D eigenvalue weighted by molar-refractivity contribution is 5.85. The average molecular weight is 288 g/mol. The van der Waals surface area contributed by atoms with Crippen LogP contribution in [0.25, 0.3) is 10.9 Å². The Labute approximate surface area is 130 Å². The second-order valence-corrected chi connectivity index (χ2v) is 6.74. The van der Waals surface area contributed by atoms with Crippen molar-refractivity contribution >= 4 is 10.9 Å². The Morgan fingerprint density at radius 3 is 2.68 bits per heavy atom. The van der Waals surface area contributed by atoms with Crippen LogP contribution in [0.1, 0.15) is 29.3 Å². The number of nitrogens with zero attached hydrogens (tertiary/aromatic N) is 1. The van der Waals surface area contributed by atoms with Crippen LogP contribution in [0.3, 0.4) is 0 Å². The zero-order valence-electron chi connectivity index (χ0n) is 12.9.